The lowest BCUT2D eigenvalue weighted by Crippen LogP contribution is -2.70. The maximum atomic E-state index is 13.9. The third-order valence-electron chi connectivity index (χ3n) is 6.02. The van der Waals surface area contributed by atoms with Gasteiger partial charge in [-0.05, 0) is 24.1 Å². The lowest BCUT2D eigenvalue weighted by atomic mass is 9.88. The van der Waals surface area contributed by atoms with E-state index in [1.54, 1.807) is 11.6 Å². The van der Waals surface area contributed by atoms with Crippen molar-refractivity contribution in [1.82, 2.24) is 14.9 Å². The summed E-state index contributed by atoms with van der Waals surface area (Å²) in [4.78, 5) is 23.4. The number of benzene rings is 1. The number of carboxylic acid groups (broad SMARTS) is 1. The van der Waals surface area contributed by atoms with Gasteiger partial charge in [-0.1, -0.05) is 0 Å². The maximum Gasteiger partial charge on any atom is 0.418 e. The summed E-state index contributed by atoms with van der Waals surface area (Å²) in [6, 6.07) is 2.61. The van der Waals surface area contributed by atoms with E-state index in [-0.39, 0.29) is 42.4 Å². The standard InChI is InChI=1S/C21H21F3N4O5S/c1-31-3-4-32-17(21(22,23)24)11-6-14(18-25-2-5-34-18)16-15(7-11)26-19(33-16)27-9-12-8-13(10-27)28(12)20(29)30/h2,5-7,12-13,17H,3-4,8-10H2,1H3,(H,29,30). The Hall–Kier alpha value is -2.90. The number of thiazole rings is 1. The van der Waals surface area contributed by atoms with E-state index in [1.165, 1.54) is 35.5 Å². The first-order chi connectivity index (χ1) is 16.3. The van der Waals surface area contributed by atoms with Crippen molar-refractivity contribution in [1.29, 1.82) is 0 Å². The van der Waals surface area contributed by atoms with E-state index in [4.69, 9.17) is 13.9 Å². The first-order valence-electron chi connectivity index (χ1n) is 10.5. The van der Waals surface area contributed by atoms with Crippen molar-refractivity contribution in [3.05, 3.63) is 29.3 Å². The zero-order valence-electron chi connectivity index (χ0n) is 18.0. The molecule has 1 aromatic carbocycles. The molecule has 182 valence electrons. The number of carbonyl (C=O) groups is 1. The van der Waals surface area contributed by atoms with Crippen molar-refractivity contribution in [2.75, 3.05) is 38.3 Å². The number of piperidine rings is 1. The molecule has 3 aromatic rings. The van der Waals surface area contributed by atoms with Gasteiger partial charge in [0.05, 0.1) is 30.9 Å². The molecule has 1 N–H and O–H groups in total. The Balaban J connectivity index is 1.53. The minimum Gasteiger partial charge on any atom is -0.465 e. The van der Waals surface area contributed by atoms with Crippen LogP contribution in [0.15, 0.2) is 28.1 Å². The number of fused-ring (bicyclic) bond motifs is 3. The topological polar surface area (TPSA) is 101 Å². The number of amides is 1. The van der Waals surface area contributed by atoms with Gasteiger partial charge in [-0.15, -0.1) is 11.3 Å². The van der Waals surface area contributed by atoms with E-state index >= 15 is 0 Å². The molecule has 1 amide bonds. The van der Waals surface area contributed by atoms with Crippen molar-refractivity contribution in [2.45, 2.75) is 30.8 Å². The summed E-state index contributed by atoms with van der Waals surface area (Å²) in [6.45, 7) is 0.597. The van der Waals surface area contributed by atoms with Crippen LogP contribution in [0.25, 0.3) is 21.7 Å². The minimum atomic E-state index is -4.65. The summed E-state index contributed by atoms with van der Waals surface area (Å²) in [5.74, 6) is 0. The van der Waals surface area contributed by atoms with Crippen molar-refractivity contribution in [2.24, 2.45) is 0 Å². The van der Waals surface area contributed by atoms with E-state index in [0.717, 1.165) is 6.42 Å². The van der Waals surface area contributed by atoms with E-state index in [0.29, 0.717) is 29.2 Å². The lowest BCUT2D eigenvalue weighted by Gasteiger charge is -2.54. The Morgan fingerprint density at radius 2 is 2.09 bits per heavy atom. The molecule has 9 nitrogen and oxygen atoms in total. The number of alkyl halides is 3. The summed E-state index contributed by atoms with van der Waals surface area (Å²) in [6.07, 6.45) is -5.45. The van der Waals surface area contributed by atoms with Crippen molar-refractivity contribution in [3.8, 4) is 10.6 Å². The molecular weight excluding hydrogens is 477 g/mol. The number of hydrogen-bond donors (Lipinski definition) is 1. The van der Waals surface area contributed by atoms with Gasteiger partial charge in [0.2, 0.25) is 0 Å². The second-order valence-corrected chi connectivity index (χ2v) is 9.07. The van der Waals surface area contributed by atoms with Gasteiger partial charge in [-0.2, -0.15) is 18.2 Å². The molecule has 34 heavy (non-hydrogen) atoms. The highest BCUT2D eigenvalue weighted by Crippen LogP contribution is 2.42. The molecule has 0 radical (unpaired) electrons. The summed E-state index contributed by atoms with van der Waals surface area (Å²) >= 11 is 1.27. The van der Waals surface area contributed by atoms with Crippen LogP contribution in [0.1, 0.15) is 18.1 Å². The number of halogens is 3. The molecular formula is C21H21F3N4O5S. The number of anilines is 1. The fourth-order valence-electron chi connectivity index (χ4n) is 4.55. The molecule has 3 aliphatic rings. The molecule has 0 saturated carbocycles. The van der Waals surface area contributed by atoms with Gasteiger partial charge >= 0.3 is 12.3 Å². The van der Waals surface area contributed by atoms with Gasteiger partial charge in [0.1, 0.15) is 10.5 Å². The number of rotatable bonds is 7. The molecule has 13 heteroatoms. The largest absolute Gasteiger partial charge is 0.465 e. The van der Waals surface area contributed by atoms with Crippen molar-refractivity contribution in [3.63, 3.8) is 0 Å². The van der Waals surface area contributed by atoms with E-state index in [9.17, 15) is 23.1 Å². The molecule has 2 aromatic heterocycles. The van der Waals surface area contributed by atoms with Crippen molar-refractivity contribution < 1.29 is 37.0 Å². The summed E-state index contributed by atoms with van der Waals surface area (Å²) in [5, 5.41) is 11.5. The molecule has 5 heterocycles. The lowest BCUT2D eigenvalue weighted by molar-refractivity contribution is -0.226. The van der Waals surface area contributed by atoms with Crippen LogP contribution in [0.3, 0.4) is 0 Å². The number of ether oxygens (including phenoxy) is 2. The van der Waals surface area contributed by atoms with E-state index in [1.807, 2.05) is 4.90 Å². The summed E-state index contributed by atoms with van der Waals surface area (Å²) < 4.78 is 57.6. The highest BCUT2D eigenvalue weighted by atomic mass is 32.1. The van der Waals surface area contributed by atoms with Crippen LogP contribution in [0.2, 0.25) is 0 Å². The van der Waals surface area contributed by atoms with Gasteiger partial charge < -0.3 is 23.9 Å². The normalized spacial score (nSPS) is 21.1. The molecule has 2 bridgehead atoms. The smallest absolute Gasteiger partial charge is 0.418 e. The van der Waals surface area contributed by atoms with Crippen LogP contribution in [0.5, 0.6) is 0 Å². The third kappa shape index (κ3) is 4.07. The molecule has 0 aliphatic carbocycles. The summed E-state index contributed by atoms with van der Waals surface area (Å²) in [7, 11) is 1.38. The molecule has 0 spiro atoms. The van der Waals surface area contributed by atoms with Crippen LogP contribution < -0.4 is 4.90 Å². The number of oxazole rings is 1. The van der Waals surface area contributed by atoms with E-state index in [2.05, 4.69) is 9.97 Å². The third-order valence-corrected chi connectivity index (χ3v) is 6.83. The average Bonchev–Trinajstić information content (AvgIpc) is 3.45. The number of piperazine rings is 1. The first kappa shape index (κ1) is 22.9. The zero-order chi connectivity index (χ0) is 24.0. The monoisotopic (exact) mass is 498 g/mol. The highest BCUT2D eigenvalue weighted by Gasteiger charge is 2.48. The molecule has 6 rings (SSSR count). The van der Waals surface area contributed by atoms with Gasteiger partial charge in [0, 0.05) is 31.8 Å². The Bertz CT molecular complexity index is 1170. The quantitative estimate of drug-likeness (QED) is 0.485. The molecule has 3 unspecified atom stereocenters. The van der Waals surface area contributed by atoms with Crippen LogP contribution in [0.4, 0.5) is 24.0 Å². The SMILES string of the molecule is COCCOC(c1cc(-c2nccs2)c2oc(N3CC4CC(C3)N4C(=O)O)nc2c1)C(F)(F)F. The van der Waals surface area contributed by atoms with Gasteiger partial charge in [0.15, 0.2) is 11.7 Å². The molecule has 3 atom stereocenters. The second kappa shape index (κ2) is 8.71. The minimum absolute atomic E-state index is 0.0208. The number of methoxy groups -OCH3 is 1. The Kier molecular flexibility index (Phi) is 5.86. The van der Waals surface area contributed by atoms with Crippen LogP contribution in [0, 0.1) is 0 Å². The zero-order valence-corrected chi connectivity index (χ0v) is 18.8. The molecule has 3 aliphatic heterocycles. The Morgan fingerprint density at radius 3 is 2.71 bits per heavy atom. The Labute approximate surface area is 195 Å². The van der Waals surface area contributed by atoms with Gasteiger partial charge in [-0.3, -0.25) is 4.90 Å². The predicted molar refractivity (Wildman–Crippen MR) is 116 cm³/mol. The molecule has 3 saturated heterocycles. The van der Waals surface area contributed by atoms with Gasteiger partial charge in [-0.25, -0.2) is 9.78 Å². The van der Waals surface area contributed by atoms with Crippen molar-refractivity contribution >= 4 is 34.5 Å². The highest BCUT2D eigenvalue weighted by molar-refractivity contribution is 7.13. The van der Waals surface area contributed by atoms with Crippen LogP contribution >= 0.6 is 11.3 Å². The Morgan fingerprint density at radius 1 is 1.32 bits per heavy atom. The fraction of sp³-hybridized carbons (Fsp3) is 0.476. The van der Waals surface area contributed by atoms with E-state index < -0.39 is 18.4 Å². The second-order valence-electron chi connectivity index (χ2n) is 8.17. The number of nitrogens with zero attached hydrogens (tertiary/aromatic N) is 4. The van der Waals surface area contributed by atoms with Crippen LogP contribution in [-0.4, -0.2) is 77.7 Å². The number of hydrogen-bond acceptors (Lipinski definition) is 8. The first-order valence-corrected chi connectivity index (χ1v) is 11.4. The average molecular weight is 498 g/mol. The molecule has 3 fully saturated rings. The fourth-order valence-corrected chi connectivity index (χ4v) is 5.20. The van der Waals surface area contributed by atoms with Crippen LogP contribution in [-0.2, 0) is 9.47 Å². The number of aromatic nitrogens is 2. The van der Waals surface area contributed by atoms with Gasteiger partial charge in [0.25, 0.3) is 6.01 Å². The maximum absolute atomic E-state index is 13.9. The predicted octanol–water partition coefficient (Wildman–Crippen LogP) is 4.16. The summed E-state index contributed by atoms with van der Waals surface area (Å²) in [5.41, 5.74) is 0.845.